The van der Waals surface area contributed by atoms with Crippen molar-refractivity contribution in [1.29, 1.82) is 0 Å². The van der Waals surface area contributed by atoms with E-state index in [2.05, 4.69) is 26.2 Å². The molecule has 5 rings (SSSR count). The van der Waals surface area contributed by atoms with E-state index in [0.717, 1.165) is 47.9 Å². The number of unbranched alkanes of at least 4 members (excludes halogenated alkanes) is 3. The minimum absolute atomic E-state index is 0.00355. The number of aromatic nitrogens is 4. The zero-order valence-corrected chi connectivity index (χ0v) is 27.9. The van der Waals surface area contributed by atoms with Gasteiger partial charge in [0.2, 0.25) is 17.0 Å². The van der Waals surface area contributed by atoms with Crippen LogP contribution in [0.25, 0.3) is 0 Å². The summed E-state index contributed by atoms with van der Waals surface area (Å²) in [6.07, 6.45) is 3.94. The number of nitrogens with two attached hydrogens (primary N) is 1. The summed E-state index contributed by atoms with van der Waals surface area (Å²) in [5.74, 6) is 0.605. The van der Waals surface area contributed by atoms with Crippen molar-refractivity contribution in [2.24, 2.45) is 7.05 Å². The topological polar surface area (TPSA) is 167 Å². The van der Waals surface area contributed by atoms with E-state index in [9.17, 15) is 14.7 Å². The van der Waals surface area contributed by atoms with Gasteiger partial charge >= 0.3 is 0 Å². The lowest BCUT2D eigenvalue weighted by atomic mass is 10.0. The van der Waals surface area contributed by atoms with E-state index in [4.69, 9.17) is 15.2 Å². The van der Waals surface area contributed by atoms with Gasteiger partial charge in [0.25, 0.3) is 0 Å². The third-order valence-electron chi connectivity index (χ3n) is 8.13. The monoisotopic (exact) mass is 673 g/mol. The average molecular weight is 674 g/mol. The Bertz CT molecular complexity index is 1620. The molecule has 12 nitrogen and oxygen atoms in total. The zero-order valence-electron chi connectivity index (χ0n) is 27.1. The van der Waals surface area contributed by atoms with Gasteiger partial charge in [-0.3, -0.25) is 9.59 Å². The van der Waals surface area contributed by atoms with Crippen LogP contribution in [0.3, 0.4) is 0 Å². The number of anilines is 2. The molecular formula is C35H43N7O5S. The molecule has 1 aromatic heterocycles. The van der Waals surface area contributed by atoms with Crippen molar-refractivity contribution in [3.8, 4) is 0 Å². The highest BCUT2D eigenvalue weighted by Gasteiger charge is 2.32. The first-order chi connectivity index (χ1) is 23.4. The standard InChI is InChI=1S/C35H43N7O5S/c1-42-35(39-40-41-42)48-23-28-20-31(26-16-14-25(22-43)15-17-26)47-34(46-28)27-18-12-24(13-19-27)21-37-32(44)10-4-2-3-5-11-33(45)38-30-9-7-6-8-29(30)36/h6-9,12-19,28,31,34,43H,2-5,10-11,20-23,36H2,1H3,(H,37,44)(H,38,45). The fourth-order valence-electron chi connectivity index (χ4n) is 5.36. The van der Waals surface area contributed by atoms with Gasteiger partial charge in [0.15, 0.2) is 6.29 Å². The van der Waals surface area contributed by atoms with Crippen molar-refractivity contribution in [1.82, 2.24) is 25.5 Å². The third kappa shape index (κ3) is 10.3. The smallest absolute Gasteiger partial charge is 0.224 e. The van der Waals surface area contributed by atoms with Gasteiger partial charge in [0, 0.05) is 44.2 Å². The molecule has 1 aliphatic rings. The lowest BCUT2D eigenvalue weighted by molar-refractivity contribution is -0.245. The predicted octanol–water partition coefficient (Wildman–Crippen LogP) is 5.22. The number of nitrogens with zero attached hydrogens (tertiary/aromatic N) is 4. The van der Waals surface area contributed by atoms with Gasteiger partial charge in [-0.15, -0.1) is 5.10 Å². The first-order valence-electron chi connectivity index (χ1n) is 16.2. The normalized spacial score (nSPS) is 17.6. The lowest BCUT2D eigenvalue weighted by Gasteiger charge is -2.36. The van der Waals surface area contributed by atoms with E-state index >= 15 is 0 Å². The van der Waals surface area contributed by atoms with Gasteiger partial charge in [-0.2, -0.15) is 0 Å². The molecule has 0 saturated carbocycles. The number of nitrogen functional groups attached to an aromatic ring is 1. The number of carbonyl (C=O) groups is 2. The molecule has 3 atom stereocenters. The summed E-state index contributed by atoms with van der Waals surface area (Å²) >= 11 is 1.54. The van der Waals surface area contributed by atoms with Crippen molar-refractivity contribution < 1.29 is 24.2 Å². The summed E-state index contributed by atoms with van der Waals surface area (Å²) < 4.78 is 14.5. The summed E-state index contributed by atoms with van der Waals surface area (Å²) in [5, 5.41) is 27.7. The maximum absolute atomic E-state index is 12.5. The van der Waals surface area contributed by atoms with Crippen LogP contribution in [0.5, 0.6) is 0 Å². The molecule has 1 fully saturated rings. The molecule has 2 amide bonds. The molecule has 1 saturated heterocycles. The fourth-order valence-corrected chi connectivity index (χ4v) is 6.23. The van der Waals surface area contributed by atoms with Crippen molar-refractivity contribution in [2.75, 3.05) is 16.8 Å². The van der Waals surface area contributed by atoms with Crippen LogP contribution < -0.4 is 16.4 Å². The van der Waals surface area contributed by atoms with E-state index in [-0.39, 0.29) is 30.6 Å². The van der Waals surface area contributed by atoms with Crippen LogP contribution >= 0.6 is 11.8 Å². The second kappa shape index (κ2) is 17.7. The SMILES string of the molecule is Cn1nnnc1SCC1CC(c2ccc(CO)cc2)OC(c2ccc(CNC(=O)CCCCCCC(=O)Nc3ccccc3N)cc2)O1. The molecule has 1 aliphatic heterocycles. The molecule has 13 heteroatoms. The Morgan fingerprint density at radius 2 is 1.60 bits per heavy atom. The highest BCUT2D eigenvalue weighted by atomic mass is 32.2. The lowest BCUT2D eigenvalue weighted by Crippen LogP contribution is -2.31. The molecule has 3 unspecified atom stereocenters. The Balaban J connectivity index is 1.05. The van der Waals surface area contributed by atoms with Crippen molar-refractivity contribution in [3.63, 3.8) is 0 Å². The second-order valence-electron chi connectivity index (χ2n) is 11.8. The molecule has 0 bridgehead atoms. The Morgan fingerprint density at radius 1 is 0.917 bits per heavy atom. The summed E-state index contributed by atoms with van der Waals surface area (Å²) in [6, 6.07) is 22.9. The Kier molecular flexibility index (Phi) is 12.9. The molecule has 3 aromatic carbocycles. The average Bonchev–Trinajstić information content (AvgIpc) is 3.53. The molecule has 254 valence electrons. The number of tetrazole rings is 1. The second-order valence-corrected chi connectivity index (χ2v) is 12.8. The van der Waals surface area contributed by atoms with E-state index < -0.39 is 6.29 Å². The van der Waals surface area contributed by atoms with E-state index in [0.29, 0.717) is 48.1 Å². The van der Waals surface area contributed by atoms with Gasteiger partial charge in [-0.05, 0) is 52.1 Å². The Morgan fingerprint density at radius 3 is 2.29 bits per heavy atom. The van der Waals surface area contributed by atoms with Crippen LogP contribution in [0.15, 0.2) is 78.0 Å². The van der Waals surface area contributed by atoms with Crippen LogP contribution in [0.1, 0.15) is 79.6 Å². The molecule has 2 heterocycles. The fraction of sp³-hybridized carbons (Fsp3) is 0.400. The number of amides is 2. The van der Waals surface area contributed by atoms with Gasteiger partial charge in [0.1, 0.15) is 0 Å². The van der Waals surface area contributed by atoms with Gasteiger partial charge in [-0.1, -0.05) is 85.3 Å². The number of aliphatic hydroxyl groups excluding tert-OH is 1. The number of benzene rings is 3. The summed E-state index contributed by atoms with van der Waals surface area (Å²) in [4.78, 5) is 24.6. The minimum atomic E-state index is -0.573. The predicted molar refractivity (Wildman–Crippen MR) is 183 cm³/mol. The van der Waals surface area contributed by atoms with Crippen molar-refractivity contribution in [3.05, 3.63) is 95.1 Å². The summed E-state index contributed by atoms with van der Waals surface area (Å²) in [7, 11) is 1.81. The minimum Gasteiger partial charge on any atom is -0.397 e. The number of thioether (sulfide) groups is 1. The molecule has 5 N–H and O–H groups in total. The van der Waals surface area contributed by atoms with Crippen LogP contribution in [0.4, 0.5) is 11.4 Å². The number of rotatable bonds is 16. The van der Waals surface area contributed by atoms with Gasteiger partial charge < -0.3 is 30.9 Å². The van der Waals surface area contributed by atoms with Gasteiger partial charge in [-0.25, -0.2) is 4.68 Å². The molecule has 0 aliphatic carbocycles. The highest BCUT2D eigenvalue weighted by Crippen LogP contribution is 2.39. The van der Waals surface area contributed by atoms with Crippen LogP contribution in [-0.4, -0.2) is 49.0 Å². The Labute approximate surface area is 284 Å². The zero-order chi connectivity index (χ0) is 33.7. The van der Waals surface area contributed by atoms with Crippen LogP contribution in [0, 0.1) is 0 Å². The number of ether oxygens (including phenoxy) is 2. The van der Waals surface area contributed by atoms with Crippen molar-refractivity contribution >= 4 is 35.0 Å². The third-order valence-corrected chi connectivity index (χ3v) is 9.27. The van der Waals surface area contributed by atoms with Gasteiger partial charge in [0.05, 0.1) is 30.2 Å². The van der Waals surface area contributed by atoms with Crippen LogP contribution in [-0.2, 0) is 39.3 Å². The van der Waals surface area contributed by atoms with Crippen molar-refractivity contribution in [2.45, 2.75) is 81.8 Å². The van der Waals surface area contributed by atoms with Crippen LogP contribution in [0.2, 0.25) is 0 Å². The summed E-state index contributed by atoms with van der Waals surface area (Å²) in [5.41, 5.74) is 10.8. The molecular weight excluding hydrogens is 630 g/mol. The quantitative estimate of drug-likeness (QED) is 0.0704. The highest BCUT2D eigenvalue weighted by molar-refractivity contribution is 7.99. The molecule has 4 aromatic rings. The number of hydrogen-bond acceptors (Lipinski definition) is 10. The number of hydrogen-bond donors (Lipinski definition) is 4. The maximum Gasteiger partial charge on any atom is 0.224 e. The molecule has 0 spiro atoms. The first-order valence-corrected chi connectivity index (χ1v) is 17.2. The number of nitrogens with one attached hydrogen (secondary N) is 2. The Hall–Kier alpha value is -4.30. The number of para-hydroxylation sites is 2. The summed E-state index contributed by atoms with van der Waals surface area (Å²) in [6.45, 7) is 0.419. The number of carbonyl (C=O) groups excluding carboxylic acids is 2. The molecule has 48 heavy (non-hydrogen) atoms. The largest absolute Gasteiger partial charge is 0.397 e. The number of aryl methyl sites for hydroxylation is 1. The number of aliphatic hydroxyl groups is 1. The molecule has 0 radical (unpaired) electrons. The first kappa shape index (κ1) is 35.0. The van der Waals surface area contributed by atoms with E-state index in [1.54, 1.807) is 23.9 Å². The van der Waals surface area contributed by atoms with E-state index in [1.807, 2.05) is 60.7 Å². The maximum atomic E-state index is 12.5. The van der Waals surface area contributed by atoms with E-state index in [1.165, 1.54) is 11.8 Å².